The number of pyridine rings is 1. The van der Waals surface area contributed by atoms with E-state index in [2.05, 4.69) is 56.3 Å². The van der Waals surface area contributed by atoms with Crippen LogP contribution in [0.5, 0.6) is 0 Å². The first kappa shape index (κ1) is 19.4. The molecule has 0 bridgehead atoms. The van der Waals surface area contributed by atoms with E-state index in [4.69, 9.17) is 10.1 Å². The molecule has 0 unspecified atom stereocenters. The molecular weight excluding hydrogens is 402 g/mol. The lowest BCUT2D eigenvalue weighted by Gasteiger charge is -2.30. The molecule has 6 rings (SSSR count). The van der Waals surface area contributed by atoms with Crippen LogP contribution in [0, 0.1) is 13.8 Å². The Morgan fingerprint density at radius 3 is 2.81 bits per heavy atom. The van der Waals surface area contributed by atoms with Gasteiger partial charge in [0.1, 0.15) is 6.33 Å². The number of nitrogens with zero attached hydrogens (tertiary/aromatic N) is 8. The molecule has 1 saturated heterocycles. The Labute approximate surface area is 186 Å². The van der Waals surface area contributed by atoms with E-state index < -0.39 is 0 Å². The SMILES string of the molecule is Cc1c(N2CCc3ncc(-c4cnn(C5CCNCC5)c4)cc3C2)nn2cnnc2c1C. The van der Waals surface area contributed by atoms with Crippen molar-refractivity contribution in [3.05, 3.63) is 53.4 Å². The van der Waals surface area contributed by atoms with Crippen molar-refractivity contribution in [2.75, 3.05) is 24.5 Å². The number of hydrogen-bond acceptors (Lipinski definition) is 7. The fraction of sp³-hybridized carbons (Fsp3) is 0.435. The zero-order valence-corrected chi connectivity index (χ0v) is 18.5. The third-order valence-corrected chi connectivity index (χ3v) is 6.92. The molecule has 32 heavy (non-hydrogen) atoms. The van der Waals surface area contributed by atoms with Crippen LogP contribution in [-0.2, 0) is 13.0 Å². The van der Waals surface area contributed by atoms with Crippen molar-refractivity contribution in [2.24, 2.45) is 0 Å². The van der Waals surface area contributed by atoms with E-state index in [9.17, 15) is 0 Å². The van der Waals surface area contributed by atoms with Gasteiger partial charge in [-0.25, -0.2) is 0 Å². The zero-order valence-electron chi connectivity index (χ0n) is 18.5. The Morgan fingerprint density at radius 1 is 1.06 bits per heavy atom. The molecule has 164 valence electrons. The first-order valence-electron chi connectivity index (χ1n) is 11.3. The number of anilines is 1. The van der Waals surface area contributed by atoms with E-state index in [1.807, 2.05) is 12.4 Å². The molecule has 1 fully saturated rings. The lowest BCUT2D eigenvalue weighted by Crippen LogP contribution is -2.32. The van der Waals surface area contributed by atoms with Crippen molar-refractivity contribution >= 4 is 11.5 Å². The zero-order chi connectivity index (χ0) is 21.7. The molecule has 0 radical (unpaired) electrons. The molecule has 0 atom stereocenters. The summed E-state index contributed by atoms with van der Waals surface area (Å²) >= 11 is 0. The van der Waals surface area contributed by atoms with E-state index in [1.165, 1.54) is 11.3 Å². The van der Waals surface area contributed by atoms with Crippen molar-refractivity contribution in [2.45, 2.75) is 45.7 Å². The van der Waals surface area contributed by atoms with Crippen LogP contribution in [0.15, 0.2) is 31.0 Å². The molecule has 0 amide bonds. The summed E-state index contributed by atoms with van der Waals surface area (Å²) in [5.74, 6) is 0.990. The number of piperidine rings is 1. The summed E-state index contributed by atoms with van der Waals surface area (Å²) in [7, 11) is 0. The summed E-state index contributed by atoms with van der Waals surface area (Å²) in [5, 5.41) is 21.1. The van der Waals surface area contributed by atoms with Gasteiger partial charge in [0.05, 0.1) is 12.2 Å². The van der Waals surface area contributed by atoms with Gasteiger partial charge in [-0.1, -0.05) is 0 Å². The summed E-state index contributed by atoms with van der Waals surface area (Å²) in [5.41, 5.74) is 7.78. The molecule has 0 aromatic carbocycles. The maximum absolute atomic E-state index is 4.81. The van der Waals surface area contributed by atoms with Crippen molar-refractivity contribution in [1.82, 2.24) is 39.9 Å². The highest BCUT2D eigenvalue weighted by molar-refractivity contribution is 5.63. The summed E-state index contributed by atoms with van der Waals surface area (Å²) in [6.07, 6.45) is 11.0. The van der Waals surface area contributed by atoms with Crippen LogP contribution in [0.2, 0.25) is 0 Å². The maximum Gasteiger partial charge on any atom is 0.180 e. The molecule has 6 heterocycles. The lowest BCUT2D eigenvalue weighted by molar-refractivity contribution is 0.343. The van der Waals surface area contributed by atoms with Crippen molar-refractivity contribution in [3.63, 3.8) is 0 Å². The van der Waals surface area contributed by atoms with Crippen LogP contribution < -0.4 is 10.2 Å². The minimum Gasteiger partial charge on any atom is -0.350 e. The highest BCUT2D eigenvalue weighted by Crippen LogP contribution is 2.30. The average Bonchev–Trinajstić information content (AvgIpc) is 3.51. The summed E-state index contributed by atoms with van der Waals surface area (Å²) in [6.45, 7) is 8.01. The van der Waals surface area contributed by atoms with Crippen molar-refractivity contribution < 1.29 is 0 Å². The van der Waals surface area contributed by atoms with Gasteiger partial charge in [-0.3, -0.25) is 9.67 Å². The molecule has 4 aromatic heterocycles. The van der Waals surface area contributed by atoms with Crippen LogP contribution in [0.3, 0.4) is 0 Å². The molecule has 1 N–H and O–H groups in total. The monoisotopic (exact) mass is 429 g/mol. The number of rotatable bonds is 3. The standard InChI is InChI=1S/C23H27N9/c1-15-16(2)23(29-32-14-26-28-22(15)32)30-8-5-21-18(12-30)9-17(10-25-21)19-11-27-31(13-19)20-3-6-24-7-4-20/h9-11,13-14,20,24H,3-8,12H2,1-2H3. The molecule has 0 saturated carbocycles. The Kier molecular flexibility index (Phi) is 4.64. The topological polar surface area (TPSA) is 89.1 Å². The Hall–Kier alpha value is -3.33. The fourth-order valence-corrected chi connectivity index (χ4v) is 4.89. The van der Waals surface area contributed by atoms with Crippen molar-refractivity contribution in [3.8, 4) is 11.1 Å². The third kappa shape index (κ3) is 3.24. The molecule has 9 heteroatoms. The smallest absolute Gasteiger partial charge is 0.180 e. The summed E-state index contributed by atoms with van der Waals surface area (Å²) in [6, 6.07) is 2.76. The van der Waals surface area contributed by atoms with Crippen LogP contribution in [0.1, 0.15) is 41.3 Å². The van der Waals surface area contributed by atoms with Gasteiger partial charge in [-0.05, 0) is 51.4 Å². The largest absolute Gasteiger partial charge is 0.350 e. The number of aryl methyl sites for hydroxylation is 1. The molecule has 2 aliphatic rings. The van der Waals surface area contributed by atoms with Crippen LogP contribution in [0.25, 0.3) is 16.8 Å². The molecular formula is C23H27N9. The molecule has 0 spiro atoms. The van der Waals surface area contributed by atoms with E-state index >= 15 is 0 Å². The first-order valence-corrected chi connectivity index (χ1v) is 11.3. The summed E-state index contributed by atoms with van der Waals surface area (Å²) in [4.78, 5) is 7.15. The number of aromatic nitrogens is 7. The van der Waals surface area contributed by atoms with Crippen LogP contribution in [0.4, 0.5) is 5.82 Å². The second kappa shape index (κ2) is 7.67. The average molecular weight is 430 g/mol. The van der Waals surface area contributed by atoms with E-state index in [0.717, 1.165) is 79.2 Å². The Balaban J connectivity index is 1.29. The predicted molar refractivity (Wildman–Crippen MR) is 122 cm³/mol. The predicted octanol–water partition coefficient (Wildman–Crippen LogP) is 2.49. The van der Waals surface area contributed by atoms with Crippen LogP contribution in [-0.4, -0.2) is 54.2 Å². The first-order chi connectivity index (χ1) is 15.7. The second-order valence-corrected chi connectivity index (χ2v) is 8.86. The Morgan fingerprint density at radius 2 is 1.94 bits per heavy atom. The molecule has 0 aliphatic carbocycles. The van der Waals surface area contributed by atoms with Crippen molar-refractivity contribution in [1.29, 1.82) is 0 Å². The maximum atomic E-state index is 4.81. The van der Waals surface area contributed by atoms with E-state index in [0.29, 0.717) is 6.04 Å². The fourth-order valence-electron chi connectivity index (χ4n) is 4.89. The Bertz CT molecular complexity index is 1280. The minimum absolute atomic E-state index is 0.482. The van der Waals surface area contributed by atoms with Gasteiger partial charge in [0.25, 0.3) is 0 Å². The quantitative estimate of drug-likeness (QED) is 0.535. The minimum atomic E-state index is 0.482. The number of nitrogens with one attached hydrogen (secondary N) is 1. The highest BCUT2D eigenvalue weighted by atomic mass is 15.4. The highest BCUT2D eigenvalue weighted by Gasteiger charge is 2.23. The lowest BCUT2D eigenvalue weighted by atomic mass is 10.0. The van der Waals surface area contributed by atoms with Gasteiger partial charge in [0.15, 0.2) is 11.5 Å². The van der Waals surface area contributed by atoms with Gasteiger partial charge in [0, 0.05) is 59.9 Å². The van der Waals surface area contributed by atoms with Gasteiger partial charge in [-0.15, -0.1) is 15.3 Å². The van der Waals surface area contributed by atoms with Gasteiger partial charge in [-0.2, -0.15) is 9.61 Å². The summed E-state index contributed by atoms with van der Waals surface area (Å²) < 4.78 is 3.91. The molecule has 9 nitrogen and oxygen atoms in total. The second-order valence-electron chi connectivity index (χ2n) is 8.86. The molecule has 2 aliphatic heterocycles. The van der Waals surface area contributed by atoms with E-state index in [-0.39, 0.29) is 0 Å². The normalized spacial score (nSPS) is 17.1. The van der Waals surface area contributed by atoms with Gasteiger partial charge in [0.2, 0.25) is 0 Å². The van der Waals surface area contributed by atoms with Crippen LogP contribution >= 0.6 is 0 Å². The number of hydrogen-bond donors (Lipinski definition) is 1. The molecule has 4 aromatic rings. The van der Waals surface area contributed by atoms with E-state index in [1.54, 1.807) is 10.8 Å². The third-order valence-electron chi connectivity index (χ3n) is 6.92. The van der Waals surface area contributed by atoms with Gasteiger partial charge >= 0.3 is 0 Å². The van der Waals surface area contributed by atoms with Gasteiger partial charge < -0.3 is 10.2 Å². The number of fused-ring (bicyclic) bond motifs is 2.